The van der Waals surface area contributed by atoms with Gasteiger partial charge in [-0.15, -0.1) is 0 Å². The molecule has 2 heterocycles. The van der Waals surface area contributed by atoms with Crippen LogP contribution >= 0.6 is 0 Å². The molecule has 1 unspecified atom stereocenters. The molecule has 10 heteroatoms. The first-order valence-corrected chi connectivity index (χ1v) is 9.74. The van der Waals surface area contributed by atoms with Crippen molar-refractivity contribution in [1.29, 1.82) is 0 Å². The third kappa shape index (κ3) is 4.92. The second kappa shape index (κ2) is 9.56. The van der Waals surface area contributed by atoms with Gasteiger partial charge in [-0.2, -0.15) is 0 Å². The Kier molecular flexibility index (Phi) is 6.84. The number of hydrogen-bond donors (Lipinski definition) is 4. The van der Waals surface area contributed by atoms with Gasteiger partial charge in [-0.05, 0) is 37.3 Å². The minimum atomic E-state index is -0.748. The Hall–Kier alpha value is -3.79. The Labute approximate surface area is 182 Å². The summed E-state index contributed by atoms with van der Waals surface area (Å²) in [5, 5.41) is 14.9. The predicted octanol–water partition coefficient (Wildman–Crippen LogP) is 2.64. The van der Waals surface area contributed by atoms with Crippen LogP contribution in [0.15, 0.2) is 47.5 Å². The molecule has 1 atom stereocenters. The van der Waals surface area contributed by atoms with Gasteiger partial charge in [-0.25, -0.2) is 8.78 Å². The number of halogens is 2. The Bertz CT molecular complexity index is 1200. The van der Waals surface area contributed by atoms with Crippen molar-refractivity contribution in [2.75, 3.05) is 30.9 Å². The number of aromatic amines is 1. The molecule has 0 bridgehead atoms. The molecule has 0 spiro atoms. The van der Waals surface area contributed by atoms with Crippen LogP contribution < -0.4 is 21.1 Å². The maximum absolute atomic E-state index is 14.3. The van der Waals surface area contributed by atoms with E-state index in [4.69, 9.17) is 0 Å². The highest BCUT2D eigenvalue weighted by Gasteiger charge is 2.19. The molecule has 1 amide bonds. The third-order valence-electron chi connectivity index (χ3n) is 4.67. The van der Waals surface area contributed by atoms with Crippen LogP contribution in [0.5, 0.6) is 0 Å². The van der Waals surface area contributed by atoms with E-state index in [9.17, 15) is 23.5 Å². The number of nitrogens with zero attached hydrogens (tertiary/aromatic N) is 2. The monoisotopic (exact) mass is 443 g/mol. The van der Waals surface area contributed by atoms with Crippen molar-refractivity contribution < 1.29 is 18.7 Å². The lowest BCUT2D eigenvalue weighted by Gasteiger charge is -2.20. The lowest BCUT2D eigenvalue weighted by molar-refractivity contribution is 0.0923. The van der Waals surface area contributed by atoms with E-state index in [1.54, 1.807) is 32.0 Å². The summed E-state index contributed by atoms with van der Waals surface area (Å²) in [6.07, 6.45) is 2.83. The lowest BCUT2D eigenvalue weighted by atomic mass is 10.1. The fourth-order valence-electron chi connectivity index (χ4n) is 3.05. The molecular weight excluding hydrogens is 420 g/mol. The van der Waals surface area contributed by atoms with Crippen molar-refractivity contribution in [2.24, 2.45) is 0 Å². The molecule has 3 rings (SSSR count). The van der Waals surface area contributed by atoms with Crippen LogP contribution in [-0.4, -0.2) is 47.7 Å². The summed E-state index contributed by atoms with van der Waals surface area (Å²) in [5.74, 6) is -1.53. The molecule has 0 fully saturated rings. The zero-order chi connectivity index (χ0) is 23.4. The molecule has 0 radical (unpaired) electrons. The quantitative estimate of drug-likeness (QED) is 0.447. The number of benzene rings is 1. The largest absolute Gasteiger partial charge is 0.394 e. The normalized spacial score (nSPS) is 11.7. The molecule has 168 valence electrons. The number of H-pyrrole nitrogens is 1. The van der Waals surface area contributed by atoms with Gasteiger partial charge in [0.05, 0.1) is 29.1 Å². The van der Waals surface area contributed by atoms with Gasteiger partial charge in [-0.1, -0.05) is 0 Å². The summed E-state index contributed by atoms with van der Waals surface area (Å²) in [7, 11) is 3.39. The number of hydrogen-bond acceptors (Lipinski definition) is 6. The highest BCUT2D eigenvalue weighted by Crippen LogP contribution is 2.31. The van der Waals surface area contributed by atoms with E-state index in [2.05, 4.69) is 20.6 Å². The van der Waals surface area contributed by atoms with Crippen molar-refractivity contribution in [2.45, 2.75) is 13.0 Å². The van der Waals surface area contributed by atoms with Crippen LogP contribution in [0.1, 0.15) is 17.3 Å². The SMILES string of the molecule is CC(CO)NC(=O)c1cnccc1Nc1cc(-c2cc(F)ccc2F)c(=O)[nH]c1N(C)C. The molecule has 2 aromatic heterocycles. The number of nitrogens with one attached hydrogen (secondary N) is 3. The Balaban J connectivity index is 2.10. The molecule has 0 aliphatic rings. The van der Waals surface area contributed by atoms with E-state index in [-0.39, 0.29) is 23.3 Å². The van der Waals surface area contributed by atoms with E-state index >= 15 is 0 Å². The smallest absolute Gasteiger partial charge is 0.257 e. The Morgan fingerprint density at radius 1 is 1.19 bits per heavy atom. The summed E-state index contributed by atoms with van der Waals surface area (Å²) in [4.78, 5) is 33.5. The van der Waals surface area contributed by atoms with Gasteiger partial charge in [-0.3, -0.25) is 14.6 Å². The van der Waals surface area contributed by atoms with Crippen molar-refractivity contribution in [1.82, 2.24) is 15.3 Å². The molecule has 0 aliphatic carbocycles. The molecule has 32 heavy (non-hydrogen) atoms. The van der Waals surface area contributed by atoms with Crippen LogP contribution in [0.2, 0.25) is 0 Å². The van der Waals surface area contributed by atoms with Gasteiger partial charge in [0, 0.05) is 38.1 Å². The number of aliphatic hydroxyl groups excluding tert-OH is 1. The fourth-order valence-corrected chi connectivity index (χ4v) is 3.05. The highest BCUT2D eigenvalue weighted by atomic mass is 19.1. The van der Waals surface area contributed by atoms with Gasteiger partial charge in [0.2, 0.25) is 0 Å². The van der Waals surface area contributed by atoms with Crippen LogP contribution in [-0.2, 0) is 0 Å². The number of amides is 1. The van der Waals surface area contributed by atoms with Gasteiger partial charge >= 0.3 is 0 Å². The maximum Gasteiger partial charge on any atom is 0.257 e. The van der Waals surface area contributed by atoms with Crippen molar-refractivity contribution in [3.63, 3.8) is 0 Å². The molecule has 0 saturated heterocycles. The van der Waals surface area contributed by atoms with Crippen LogP contribution in [0.4, 0.5) is 26.0 Å². The van der Waals surface area contributed by atoms with Crippen molar-refractivity contribution in [3.05, 3.63) is 70.3 Å². The number of aromatic nitrogens is 2. The first-order valence-electron chi connectivity index (χ1n) is 9.74. The number of aliphatic hydroxyl groups is 1. The third-order valence-corrected chi connectivity index (χ3v) is 4.67. The first kappa shape index (κ1) is 22.9. The van der Waals surface area contributed by atoms with Gasteiger partial charge in [0.1, 0.15) is 17.5 Å². The summed E-state index contributed by atoms with van der Waals surface area (Å²) in [5.41, 5.74) is 0.0377. The summed E-state index contributed by atoms with van der Waals surface area (Å²) in [6.45, 7) is 1.41. The summed E-state index contributed by atoms with van der Waals surface area (Å²) < 4.78 is 28.1. The van der Waals surface area contributed by atoms with E-state index in [0.717, 1.165) is 18.2 Å². The zero-order valence-corrected chi connectivity index (χ0v) is 17.7. The van der Waals surface area contributed by atoms with Crippen LogP contribution in [0, 0.1) is 11.6 Å². The fraction of sp³-hybridized carbons (Fsp3) is 0.227. The minimum Gasteiger partial charge on any atom is -0.394 e. The molecular formula is C22H23F2N5O3. The first-order chi connectivity index (χ1) is 15.2. The molecule has 0 saturated carbocycles. The van der Waals surface area contributed by atoms with Crippen molar-refractivity contribution in [3.8, 4) is 11.1 Å². The summed E-state index contributed by atoms with van der Waals surface area (Å²) in [6, 6.07) is 5.35. The highest BCUT2D eigenvalue weighted by molar-refractivity contribution is 6.00. The number of rotatable bonds is 7. The standard InChI is InChI=1S/C22H23F2N5O3/c1-12(11-30)26-22(32)16-10-25-7-6-18(16)27-19-9-15(21(31)28-20(19)29(2)3)14-8-13(23)4-5-17(14)24/h4-10,12,30H,11H2,1-3H3,(H,25,27)(H,26,32)(H,28,31). The molecule has 0 aliphatic heterocycles. The summed E-state index contributed by atoms with van der Waals surface area (Å²) >= 11 is 0. The average Bonchev–Trinajstić information content (AvgIpc) is 2.76. The second-order valence-corrected chi connectivity index (χ2v) is 7.40. The number of pyridine rings is 2. The zero-order valence-electron chi connectivity index (χ0n) is 17.7. The number of anilines is 3. The molecule has 4 N–H and O–H groups in total. The van der Waals surface area contributed by atoms with Gasteiger partial charge in [0.15, 0.2) is 0 Å². The van der Waals surface area contributed by atoms with E-state index in [0.29, 0.717) is 17.2 Å². The average molecular weight is 443 g/mol. The van der Waals surface area contributed by atoms with E-state index in [1.807, 2.05) is 0 Å². The number of carbonyl (C=O) groups is 1. The van der Waals surface area contributed by atoms with Gasteiger partial charge in [0.25, 0.3) is 11.5 Å². The lowest BCUT2D eigenvalue weighted by Crippen LogP contribution is -2.35. The molecule has 1 aromatic carbocycles. The molecule has 3 aromatic rings. The van der Waals surface area contributed by atoms with Crippen LogP contribution in [0.25, 0.3) is 11.1 Å². The second-order valence-electron chi connectivity index (χ2n) is 7.40. The van der Waals surface area contributed by atoms with Crippen molar-refractivity contribution >= 4 is 23.1 Å². The topological polar surface area (TPSA) is 110 Å². The Morgan fingerprint density at radius 2 is 1.94 bits per heavy atom. The predicted molar refractivity (Wildman–Crippen MR) is 118 cm³/mol. The minimum absolute atomic E-state index is 0.0796. The molecule has 8 nitrogen and oxygen atoms in total. The Morgan fingerprint density at radius 3 is 2.62 bits per heavy atom. The van der Waals surface area contributed by atoms with Crippen LogP contribution in [0.3, 0.4) is 0 Å². The van der Waals surface area contributed by atoms with E-state index in [1.165, 1.54) is 18.5 Å². The van der Waals surface area contributed by atoms with E-state index < -0.39 is 29.1 Å². The maximum atomic E-state index is 14.3. The number of carbonyl (C=O) groups excluding carboxylic acids is 1. The van der Waals surface area contributed by atoms with Gasteiger partial charge < -0.3 is 25.6 Å².